The van der Waals surface area contributed by atoms with Crippen LogP contribution in [0.15, 0.2) is 48.5 Å². The van der Waals surface area contributed by atoms with Crippen LogP contribution in [0.1, 0.15) is 19.4 Å². The standard InChI is InChI=1S/C17H22N2O2/c1-3-20-16-10-14(11-17(12-16)21-4-2)13-18-19-15-8-6-5-7-9-15/h5-12,18-19H,3-4,13H2,1-2H3. The second kappa shape index (κ2) is 8.17. The molecule has 0 heterocycles. The van der Waals surface area contributed by atoms with Gasteiger partial charge < -0.3 is 14.9 Å². The molecule has 0 fully saturated rings. The average molecular weight is 286 g/mol. The fraction of sp³-hybridized carbons (Fsp3) is 0.294. The van der Waals surface area contributed by atoms with Gasteiger partial charge in [0.1, 0.15) is 11.5 Å². The normalized spacial score (nSPS) is 10.2. The number of nitrogens with one attached hydrogen (secondary N) is 2. The van der Waals surface area contributed by atoms with Gasteiger partial charge in [0.2, 0.25) is 0 Å². The number of rotatable bonds is 8. The summed E-state index contributed by atoms with van der Waals surface area (Å²) >= 11 is 0. The minimum Gasteiger partial charge on any atom is -0.494 e. The Morgan fingerprint density at radius 2 is 1.48 bits per heavy atom. The summed E-state index contributed by atoms with van der Waals surface area (Å²) in [6.45, 7) is 5.91. The molecule has 2 N–H and O–H groups in total. The predicted octanol–water partition coefficient (Wildman–Crippen LogP) is 3.60. The smallest absolute Gasteiger partial charge is 0.123 e. The van der Waals surface area contributed by atoms with Gasteiger partial charge in [-0.1, -0.05) is 18.2 Å². The van der Waals surface area contributed by atoms with Gasteiger partial charge in [0, 0.05) is 18.3 Å². The largest absolute Gasteiger partial charge is 0.494 e. The molecule has 4 nitrogen and oxygen atoms in total. The minimum absolute atomic E-state index is 0.644. The summed E-state index contributed by atoms with van der Waals surface area (Å²) in [7, 11) is 0. The van der Waals surface area contributed by atoms with Gasteiger partial charge in [0.15, 0.2) is 0 Å². The molecule has 0 radical (unpaired) electrons. The number of benzene rings is 2. The number of hydrogen-bond acceptors (Lipinski definition) is 4. The Kier molecular flexibility index (Phi) is 5.91. The van der Waals surface area contributed by atoms with Gasteiger partial charge >= 0.3 is 0 Å². The van der Waals surface area contributed by atoms with Gasteiger partial charge in [0.05, 0.1) is 13.2 Å². The van der Waals surface area contributed by atoms with E-state index in [4.69, 9.17) is 9.47 Å². The van der Waals surface area contributed by atoms with E-state index in [0.717, 1.165) is 22.7 Å². The molecule has 0 aromatic heterocycles. The van der Waals surface area contributed by atoms with Crippen LogP contribution in [0, 0.1) is 0 Å². The Morgan fingerprint density at radius 3 is 2.05 bits per heavy atom. The van der Waals surface area contributed by atoms with Crippen LogP contribution in [-0.4, -0.2) is 13.2 Å². The Bertz CT molecular complexity index is 519. The maximum absolute atomic E-state index is 5.57. The first-order chi connectivity index (χ1) is 10.3. The molecule has 0 spiro atoms. The summed E-state index contributed by atoms with van der Waals surface area (Å²) in [5, 5.41) is 0. The second-order valence-electron chi connectivity index (χ2n) is 4.52. The van der Waals surface area contributed by atoms with Crippen LogP contribution in [-0.2, 0) is 6.54 Å². The van der Waals surface area contributed by atoms with Crippen molar-refractivity contribution in [2.45, 2.75) is 20.4 Å². The zero-order valence-electron chi connectivity index (χ0n) is 12.6. The molecule has 0 saturated heterocycles. The molecular weight excluding hydrogens is 264 g/mol. The fourth-order valence-electron chi connectivity index (χ4n) is 2.00. The number of para-hydroxylation sites is 1. The van der Waals surface area contributed by atoms with Crippen molar-refractivity contribution in [1.29, 1.82) is 0 Å². The maximum atomic E-state index is 5.57. The second-order valence-corrected chi connectivity index (χ2v) is 4.52. The highest BCUT2D eigenvalue weighted by Gasteiger charge is 2.03. The van der Waals surface area contributed by atoms with Crippen molar-refractivity contribution in [2.24, 2.45) is 0 Å². The molecule has 0 amide bonds. The van der Waals surface area contributed by atoms with Crippen LogP contribution in [0.25, 0.3) is 0 Å². The van der Waals surface area contributed by atoms with Crippen LogP contribution >= 0.6 is 0 Å². The lowest BCUT2D eigenvalue weighted by atomic mass is 10.2. The van der Waals surface area contributed by atoms with Crippen LogP contribution in [0.5, 0.6) is 11.5 Å². The van der Waals surface area contributed by atoms with Crippen molar-refractivity contribution in [3.8, 4) is 11.5 Å². The quantitative estimate of drug-likeness (QED) is 0.728. The van der Waals surface area contributed by atoms with Gasteiger partial charge in [-0.05, 0) is 43.7 Å². The zero-order chi connectivity index (χ0) is 14.9. The Hall–Kier alpha value is -2.20. The first-order valence-corrected chi connectivity index (χ1v) is 7.25. The zero-order valence-corrected chi connectivity index (χ0v) is 12.6. The Labute approximate surface area is 126 Å². The molecule has 2 rings (SSSR count). The molecule has 112 valence electrons. The van der Waals surface area contributed by atoms with Gasteiger partial charge in [-0.2, -0.15) is 0 Å². The minimum atomic E-state index is 0.644. The van der Waals surface area contributed by atoms with Gasteiger partial charge in [-0.25, -0.2) is 5.43 Å². The summed E-state index contributed by atoms with van der Waals surface area (Å²) in [4.78, 5) is 0. The molecule has 0 bridgehead atoms. The highest BCUT2D eigenvalue weighted by molar-refractivity contribution is 5.42. The Balaban J connectivity index is 1.97. The lowest BCUT2D eigenvalue weighted by molar-refractivity contribution is 0.322. The molecule has 0 aliphatic carbocycles. The number of hydrazine groups is 1. The molecule has 0 unspecified atom stereocenters. The van der Waals surface area contributed by atoms with E-state index in [1.165, 1.54) is 0 Å². The lowest BCUT2D eigenvalue weighted by Gasteiger charge is -2.12. The van der Waals surface area contributed by atoms with Crippen molar-refractivity contribution in [3.63, 3.8) is 0 Å². The summed E-state index contributed by atoms with van der Waals surface area (Å²) in [6.07, 6.45) is 0. The Morgan fingerprint density at radius 1 is 0.857 bits per heavy atom. The molecule has 0 saturated carbocycles. The van der Waals surface area contributed by atoms with E-state index in [1.807, 2.05) is 62.4 Å². The van der Waals surface area contributed by atoms with Gasteiger partial charge in [-0.15, -0.1) is 0 Å². The summed E-state index contributed by atoms with van der Waals surface area (Å²) < 4.78 is 11.1. The molecular formula is C17H22N2O2. The predicted molar refractivity (Wildman–Crippen MR) is 85.7 cm³/mol. The molecule has 0 aliphatic heterocycles. The van der Waals surface area contributed by atoms with Crippen molar-refractivity contribution in [3.05, 3.63) is 54.1 Å². The van der Waals surface area contributed by atoms with Crippen LogP contribution < -0.4 is 20.3 Å². The topological polar surface area (TPSA) is 42.5 Å². The van der Waals surface area contributed by atoms with Crippen molar-refractivity contribution in [1.82, 2.24) is 5.43 Å². The summed E-state index contributed by atoms with van der Waals surface area (Å²) in [5.74, 6) is 1.67. The summed E-state index contributed by atoms with van der Waals surface area (Å²) in [6, 6.07) is 16.0. The third-order valence-electron chi connectivity index (χ3n) is 2.86. The molecule has 0 atom stereocenters. The van der Waals surface area contributed by atoms with E-state index in [2.05, 4.69) is 10.9 Å². The summed E-state index contributed by atoms with van der Waals surface area (Å²) in [5.41, 5.74) is 8.50. The van der Waals surface area contributed by atoms with Crippen LogP contribution in [0.4, 0.5) is 5.69 Å². The van der Waals surface area contributed by atoms with E-state index in [9.17, 15) is 0 Å². The first-order valence-electron chi connectivity index (χ1n) is 7.25. The maximum Gasteiger partial charge on any atom is 0.123 e. The van der Waals surface area contributed by atoms with Crippen LogP contribution in [0.3, 0.4) is 0 Å². The number of ether oxygens (including phenoxy) is 2. The van der Waals surface area contributed by atoms with Crippen molar-refractivity contribution in [2.75, 3.05) is 18.6 Å². The highest BCUT2D eigenvalue weighted by atomic mass is 16.5. The molecule has 0 aliphatic rings. The lowest BCUT2D eigenvalue weighted by Crippen LogP contribution is -2.20. The highest BCUT2D eigenvalue weighted by Crippen LogP contribution is 2.23. The number of anilines is 1. The van der Waals surface area contributed by atoms with E-state index >= 15 is 0 Å². The molecule has 2 aromatic carbocycles. The van der Waals surface area contributed by atoms with E-state index in [1.54, 1.807) is 0 Å². The third-order valence-corrected chi connectivity index (χ3v) is 2.86. The van der Waals surface area contributed by atoms with Gasteiger partial charge in [-0.3, -0.25) is 0 Å². The molecule has 21 heavy (non-hydrogen) atoms. The first kappa shape index (κ1) is 15.2. The van der Waals surface area contributed by atoms with E-state index in [0.29, 0.717) is 19.8 Å². The SMILES string of the molecule is CCOc1cc(CNNc2ccccc2)cc(OCC)c1. The molecule has 2 aromatic rings. The average Bonchev–Trinajstić information content (AvgIpc) is 2.49. The van der Waals surface area contributed by atoms with Gasteiger partial charge in [0.25, 0.3) is 0 Å². The van der Waals surface area contributed by atoms with E-state index < -0.39 is 0 Å². The van der Waals surface area contributed by atoms with Crippen molar-refractivity contribution < 1.29 is 9.47 Å². The van der Waals surface area contributed by atoms with Crippen molar-refractivity contribution >= 4 is 5.69 Å². The monoisotopic (exact) mass is 286 g/mol. The number of hydrogen-bond donors (Lipinski definition) is 2. The third kappa shape index (κ3) is 5.00. The van der Waals surface area contributed by atoms with Crippen LogP contribution in [0.2, 0.25) is 0 Å². The fourth-order valence-corrected chi connectivity index (χ4v) is 2.00. The van der Waals surface area contributed by atoms with E-state index in [-0.39, 0.29) is 0 Å². The molecule has 4 heteroatoms.